The van der Waals surface area contributed by atoms with E-state index in [2.05, 4.69) is 25.7 Å². The average molecular weight is 695 g/mol. The van der Waals surface area contributed by atoms with Crippen LogP contribution < -0.4 is 0 Å². The molecule has 0 unspecified atom stereocenters. The quantitative estimate of drug-likeness (QED) is 0.0394. The summed E-state index contributed by atoms with van der Waals surface area (Å²) in [5, 5.41) is 8.10. The summed E-state index contributed by atoms with van der Waals surface area (Å²) in [6.45, 7) is 6.88. The number of carbonyl (C=O) groups excluding carboxylic acids is 1. The summed E-state index contributed by atoms with van der Waals surface area (Å²) < 4.78 is 0. The molecule has 3 nitrogen and oxygen atoms in total. The van der Waals surface area contributed by atoms with Gasteiger partial charge in [-0.15, -0.1) is 0 Å². The van der Waals surface area contributed by atoms with Crippen molar-refractivity contribution in [2.24, 2.45) is 0 Å². The average Bonchev–Trinajstić information content (AvgIpc) is 3.12. The molecule has 49 heavy (non-hydrogen) atoms. The molecule has 0 aromatic rings. The molecule has 0 aromatic heterocycles. The van der Waals surface area contributed by atoms with Crippen molar-refractivity contribution in [3.63, 3.8) is 0 Å². The maximum atomic E-state index is 10.7. The predicted molar refractivity (Wildman–Crippen MR) is 220 cm³/mol. The Morgan fingerprint density at radius 2 is 0.429 bits per heavy atom. The molecule has 0 atom stereocenters. The van der Waals surface area contributed by atoms with Gasteiger partial charge in [-0.3, -0.25) is 0 Å². The van der Waals surface area contributed by atoms with Crippen LogP contribution >= 0.6 is 0 Å². The molecule has 0 fully saturated rings. The highest BCUT2D eigenvalue weighted by Crippen LogP contribution is 2.17. The third kappa shape index (κ3) is 51.9. The fraction of sp³-hybridized carbons (Fsp3) is 0.978. The molecule has 0 rings (SSSR count). The zero-order chi connectivity index (χ0) is 36.0. The van der Waals surface area contributed by atoms with Crippen molar-refractivity contribution in [1.82, 2.24) is 0 Å². The first-order valence-corrected chi connectivity index (χ1v) is 23.1. The van der Waals surface area contributed by atoms with Crippen molar-refractivity contribution in [3.05, 3.63) is 0 Å². The molecule has 0 aliphatic rings. The molecular weight excluding hydrogens is 601 g/mol. The smallest absolute Gasteiger partial charge is 0.301 e. The van der Waals surface area contributed by atoms with Gasteiger partial charge in [0.15, 0.2) is 0 Å². The molecule has 0 heterocycles. The van der Waals surface area contributed by atoms with Crippen LogP contribution in [0.25, 0.3) is 0 Å². The van der Waals surface area contributed by atoms with Crippen LogP contribution in [0, 0.1) is 0 Å². The van der Waals surface area contributed by atoms with Gasteiger partial charge in [0.25, 0.3) is 0 Å². The molecule has 0 amide bonds. The lowest BCUT2D eigenvalue weighted by Crippen LogP contribution is -1.99. The molecule has 0 saturated heterocycles. The van der Waals surface area contributed by atoms with Gasteiger partial charge in [0.1, 0.15) is 0 Å². The van der Waals surface area contributed by atoms with E-state index in [0.717, 1.165) is 12.8 Å². The molecule has 296 valence electrons. The van der Waals surface area contributed by atoms with Crippen LogP contribution in [0.1, 0.15) is 290 Å². The van der Waals surface area contributed by atoms with Crippen molar-refractivity contribution >= 4 is 5.97 Å². The first-order valence-electron chi connectivity index (χ1n) is 23.1. The van der Waals surface area contributed by atoms with E-state index in [1.165, 1.54) is 250 Å². The number of hydrogen-bond donors (Lipinski definition) is 1. The van der Waals surface area contributed by atoms with Gasteiger partial charge < -0.3 is 4.89 Å². The van der Waals surface area contributed by atoms with E-state index >= 15 is 0 Å². The maximum Gasteiger partial charge on any atom is 0.342 e. The van der Waals surface area contributed by atoms with E-state index in [1.807, 2.05) is 0 Å². The van der Waals surface area contributed by atoms with Crippen molar-refractivity contribution in [3.8, 4) is 0 Å². The monoisotopic (exact) mass is 695 g/mol. The molecule has 0 bridgehead atoms. The lowest BCUT2D eigenvalue weighted by molar-refractivity contribution is -0.234. The van der Waals surface area contributed by atoms with Crippen molar-refractivity contribution in [2.45, 2.75) is 290 Å². The fourth-order valence-corrected chi connectivity index (χ4v) is 7.08. The van der Waals surface area contributed by atoms with Gasteiger partial charge in [-0.25, -0.2) is 4.79 Å². The van der Waals surface area contributed by atoms with Gasteiger partial charge >= 0.3 is 5.97 Å². The number of rotatable bonds is 41. The summed E-state index contributed by atoms with van der Waals surface area (Å²) in [6, 6.07) is 0. The SMILES string of the molecule is CCCCCCCCCCCCCCCCCC(=O)OO.CCCCCCCCCCCCCCCCCCCCCCCCCCCC. The van der Waals surface area contributed by atoms with Gasteiger partial charge in [0.05, 0.1) is 0 Å². The van der Waals surface area contributed by atoms with Crippen molar-refractivity contribution in [1.29, 1.82) is 0 Å². The highest BCUT2D eigenvalue weighted by molar-refractivity contribution is 5.68. The second kappa shape index (κ2) is 49.5. The fourth-order valence-electron chi connectivity index (χ4n) is 7.08. The first-order chi connectivity index (χ1) is 24.2. The first kappa shape index (κ1) is 50.5. The summed E-state index contributed by atoms with van der Waals surface area (Å²) in [5.74, 6) is -0.510. The lowest BCUT2D eigenvalue weighted by Gasteiger charge is -2.04. The summed E-state index contributed by atoms with van der Waals surface area (Å²) in [5.41, 5.74) is 0. The van der Waals surface area contributed by atoms with E-state index in [1.54, 1.807) is 0 Å². The van der Waals surface area contributed by atoms with Gasteiger partial charge in [0, 0.05) is 6.42 Å². The Morgan fingerprint density at radius 3 is 0.571 bits per heavy atom. The Bertz CT molecular complexity index is 537. The van der Waals surface area contributed by atoms with Crippen LogP contribution in [0.4, 0.5) is 0 Å². The number of hydrogen-bond acceptors (Lipinski definition) is 3. The van der Waals surface area contributed by atoms with Crippen LogP contribution in [-0.2, 0) is 9.68 Å². The maximum absolute atomic E-state index is 10.7. The third-order valence-electron chi connectivity index (χ3n) is 10.5. The topological polar surface area (TPSA) is 46.5 Å². The van der Waals surface area contributed by atoms with E-state index in [9.17, 15) is 4.79 Å². The van der Waals surface area contributed by atoms with Gasteiger partial charge in [0.2, 0.25) is 0 Å². The minimum atomic E-state index is -0.510. The molecule has 1 N–H and O–H groups in total. The van der Waals surface area contributed by atoms with Gasteiger partial charge in [-0.05, 0) is 6.42 Å². The Morgan fingerprint density at radius 1 is 0.286 bits per heavy atom. The van der Waals surface area contributed by atoms with Crippen molar-refractivity contribution < 1.29 is 14.9 Å². The molecule has 0 aliphatic heterocycles. The lowest BCUT2D eigenvalue weighted by atomic mass is 10.0. The zero-order valence-electron chi connectivity index (χ0n) is 34.5. The van der Waals surface area contributed by atoms with E-state index in [-0.39, 0.29) is 0 Å². The Labute approximate surface area is 310 Å². The van der Waals surface area contributed by atoms with Gasteiger partial charge in [-0.1, -0.05) is 278 Å². The Kier molecular flexibility index (Phi) is 51.1. The summed E-state index contributed by atoms with van der Waals surface area (Å²) in [6.07, 6.45) is 58.4. The van der Waals surface area contributed by atoms with E-state index in [0.29, 0.717) is 6.42 Å². The van der Waals surface area contributed by atoms with Crippen LogP contribution in [0.3, 0.4) is 0 Å². The van der Waals surface area contributed by atoms with E-state index < -0.39 is 5.97 Å². The second-order valence-corrected chi connectivity index (χ2v) is 15.6. The molecule has 3 heteroatoms. The molecule has 0 radical (unpaired) electrons. The van der Waals surface area contributed by atoms with E-state index in [4.69, 9.17) is 5.26 Å². The summed E-state index contributed by atoms with van der Waals surface area (Å²) in [4.78, 5) is 14.3. The standard InChI is InChI=1S/C28H58.C18H36O3/c1-3-5-7-9-11-13-15-17-19-21-23-25-27-28-26-24-22-20-18-16-14-12-10-8-6-4-2;1-2-3-4-5-6-7-8-9-10-11-12-13-14-15-16-17-18(19)21-20/h3-28H2,1-2H3;20H,2-17H2,1H3. The summed E-state index contributed by atoms with van der Waals surface area (Å²) in [7, 11) is 0. The summed E-state index contributed by atoms with van der Waals surface area (Å²) >= 11 is 0. The third-order valence-corrected chi connectivity index (χ3v) is 10.5. The second-order valence-electron chi connectivity index (χ2n) is 15.6. The Hall–Kier alpha value is -0.570. The molecule has 0 saturated carbocycles. The zero-order valence-corrected chi connectivity index (χ0v) is 34.5. The number of unbranched alkanes of at least 4 members (excludes halogenated alkanes) is 39. The normalized spacial score (nSPS) is 11.1. The molecule has 0 spiro atoms. The van der Waals surface area contributed by atoms with Crippen LogP contribution in [0.15, 0.2) is 0 Å². The van der Waals surface area contributed by atoms with Crippen LogP contribution in [0.2, 0.25) is 0 Å². The van der Waals surface area contributed by atoms with Crippen molar-refractivity contribution in [2.75, 3.05) is 0 Å². The van der Waals surface area contributed by atoms with Crippen LogP contribution in [-0.4, -0.2) is 11.2 Å². The molecule has 0 aliphatic carbocycles. The molecule has 0 aromatic carbocycles. The van der Waals surface area contributed by atoms with Gasteiger partial charge in [-0.2, -0.15) is 5.26 Å². The predicted octanol–water partition coefficient (Wildman–Crippen LogP) is 17.4. The Balaban J connectivity index is 0. The minimum absolute atomic E-state index is 0.342. The number of carbonyl (C=O) groups is 1. The minimum Gasteiger partial charge on any atom is -0.301 e. The molecular formula is C46H94O3. The van der Waals surface area contributed by atoms with Crippen LogP contribution in [0.5, 0.6) is 0 Å². The highest BCUT2D eigenvalue weighted by Gasteiger charge is 2.01. The highest BCUT2D eigenvalue weighted by atomic mass is 17.1. The largest absolute Gasteiger partial charge is 0.342 e.